The first-order valence-electron chi connectivity index (χ1n) is 9.46. The van der Waals surface area contributed by atoms with Crippen LogP contribution in [0.3, 0.4) is 0 Å². The SMILES string of the molecule is CCNC(=NCc1oc2ccccc2c1C)NCCCN1CCCC1=O. The average Bonchev–Trinajstić information content (AvgIpc) is 3.20. The van der Waals surface area contributed by atoms with Crippen molar-refractivity contribution in [2.75, 3.05) is 26.2 Å². The van der Waals surface area contributed by atoms with E-state index in [0.717, 1.165) is 67.3 Å². The van der Waals surface area contributed by atoms with E-state index >= 15 is 0 Å². The summed E-state index contributed by atoms with van der Waals surface area (Å²) < 4.78 is 5.93. The number of benzene rings is 1. The van der Waals surface area contributed by atoms with Gasteiger partial charge in [0.1, 0.15) is 17.9 Å². The van der Waals surface area contributed by atoms with Gasteiger partial charge in [0.15, 0.2) is 5.96 Å². The number of nitrogens with zero attached hydrogens (tertiary/aromatic N) is 2. The molecule has 2 N–H and O–H groups in total. The van der Waals surface area contributed by atoms with E-state index in [1.54, 1.807) is 0 Å². The van der Waals surface area contributed by atoms with Crippen LogP contribution < -0.4 is 10.6 Å². The van der Waals surface area contributed by atoms with Gasteiger partial charge >= 0.3 is 0 Å². The molecular weight excluding hydrogens is 328 g/mol. The normalized spacial score (nSPS) is 15.1. The molecule has 1 aromatic carbocycles. The highest BCUT2D eigenvalue weighted by Crippen LogP contribution is 2.25. The number of fused-ring (bicyclic) bond motifs is 1. The maximum atomic E-state index is 11.6. The molecule has 3 rings (SSSR count). The van der Waals surface area contributed by atoms with Crippen molar-refractivity contribution in [1.82, 2.24) is 15.5 Å². The van der Waals surface area contributed by atoms with Gasteiger partial charge in [-0.25, -0.2) is 4.99 Å². The third kappa shape index (κ3) is 4.36. The zero-order valence-corrected chi connectivity index (χ0v) is 15.7. The zero-order chi connectivity index (χ0) is 18.4. The van der Waals surface area contributed by atoms with Crippen molar-refractivity contribution in [2.24, 2.45) is 4.99 Å². The molecule has 2 heterocycles. The zero-order valence-electron chi connectivity index (χ0n) is 15.7. The summed E-state index contributed by atoms with van der Waals surface area (Å²) in [4.78, 5) is 18.2. The van der Waals surface area contributed by atoms with Gasteiger partial charge in [0.2, 0.25) is 5.91 Å². The maximum absolute atomic E-state index is 11.6. The van der Waals surface area contributed by atoms with Crippen LogP contribution in [0, 0.1) is 6.92 Å². The first-order valence-corrected chi connectivity index (χ1v) is 9.46. The summed E-state index contributed by atoms with van der Waals surface area (Å²) in [5.41, 5.74) is 2.05. The quantitative estimate of drug-likeness (QED) is 0.455. The minimum absolute atomic E-state index is 0.283. The fraction of sp³-hybridized carbons (Fsp3) is 0.500. The Labute approximate surface area is 154 Å². The van der Waals surface area contributed by atoms with Crippen LogP contribution in [0.25, 0.3) is 11.0 Å². The molecule has 1 aliphatic heterocycles. The van der Waals surface area contributed by atoms with E-state index in [9.17, 15) is 4.79 Å². The second kappa shape index (κ2) is 8.74. The smallest absolute Gasteiger partial charge is 0.222 e. The van der Waals surface area contributed by atoms with Crippen LogP contribution in [-0.4, -0.2) is 42.9 Å². The molecule has 1 amide bonds. The molecule has 6 nitrogen and oxygen atoms in total. The van der Waals surface area contributed by atoms with Gasteiger partial charge in [-0.1, -0.05) is 18.2 Å². The molecule has 1 fully saturated rings. The molecule has 0 radical (unpaired) electrons. The molecule has 140 valence electrons. The predicted octanol–water partition coefficient (Wildman–Crippen LogP) is 2.81. The van der Waals surface area contributed by atoms with Crippen LogP contribution in [0.4, 0.5) is 0 Å². The number of hydrogen-bond donors (Lipinski definition) is 2. The molecule has 0 aliphatic carbocycles. The molecule has 26 heavy (non-hydrogen) atoms. The summed E-state index contributed by atoms with van der Waals surface area (Å²) in [6.07, 6.45) is 2.61. The Morgan fingerprint density at radius 1 is 1.31 bits per heavy atom. The largest absolute Gasteiger partial charge is 0.459 e. The van der Waals surface area contributed by atoms with E-state index < -0.39 is 0 Å². The van der Waals surface area contributed by atoms with Crippen molar-refractivity contribution < 1.29 is 9.21 Å². The number of likely N-dealkylation sites (tertiary alicyclic amines) is 1. The lowest BCUT2D eigenvalue weighted by molar-refractivity contribution is -0.127. The highest BCUT2D eigenvalue weighted by Gasteiger charge is 2.18. The Bertz CT molecular complexity index is 781. The van der Waals surface area contributed by atoms with Crippen LogP contribution >= 0.6 is 0 Å². The van der Waals surface area contributed by atoms with Crippen molar-refractivity contribution in [2.45, 2.75) is 39.7 Å². The van der Waals surface area contributed by atoms with Crippen molar-refractivity contribution in [1.29, 1.82) is 0 Å². The summed E-state index contributed by atoms with van der Waals surface area (Å²) >= 11 is 0. The molecule has 0 spiro atoms. The van der Waals surface area contributed by atoms with Crippen LogP contribution in [0.2, 0.25) is 0 Å². The number of amides is 1. The minimum atomic E-state index is 0.283. The standard InChI is InChI=1S/C20H28N4O2/c1-3-21-20(22-11-7-13-24-12-6-10-19(24)25)23-14-18-15(2)16-8-4-5-9-17(16)26-18/h4-5,8-9H,3,6-7,10-14H2,1-2H3,(H2,21,22,23). The topological polar surface area (TPSA) is 69.9 Å². The first-order chi connectivity index (χ1) is 12.7. The van der Waals surface area contributed by atoms with Crippen LogP contribution in [0.1, 0.15) is 37.5 Å². The molecule has 1 aromatic heterocycles. The lowest BCUT2D eigenvalue weighted by atomic mass is 10.1. The number of rotatable bonds is 7. The number of guanidine groups is 1. The lowest BCUT2D eigenvalue weighted by Crippen LogP contribution is -2.39. The second-order valence-electron chi connectivity index (χ2n) is 6.61. The minimum Gasteiger partial charge on any atom is -0.459 e. The van der Waals surface area contributed by atoms with E-state index in [-0.39, 0.29) is 5.91 Å². The fourth-order valence-corrected chi connectivity index (χ4v) is 3.29. The Morgan fingerprint density at radius 3 is 2.88 bits per heavy atom. The Balaban J connectivity index is 1.54. The monoisotopic (exact) mass is 356 g/mol. The van der Waals surface area contributed by atoms with Gasteiger partial charge in [0.25, 0.3) is 0 Å². The summed E-state index contributed by atoms with van der Waals surface area (Å²) in [5, 5.41) is 7.75. The number of nitrogens with one attached hydrogen (secondary N) is 2. The molecule has 1 aliphatic rings. The molecular formula is C20H28N4O2. The highest BCUT2D eigenvalue weighted by molar-refractivity contribution is 5.82. The van der Waals surface area contributed by atoms with Gasteiger partial charge in [-0.15, -0.1) is 0 Å². The lowest BCUT2D eigenvalue weighted by Gasteiger charge is -2.16. The average molecular weight is 356 g/mol. The van der Waals surface area contributed by atoms with E-state index in [1.807, 2.05) is 30.0 Å². The summed E-state index contributed by atoms with van der Waals surface area (Å²) in [6, 6.07) is 8.06. The molecule has 0 bridgehead atoms. The Hall–Kier alpha value is -2.50. The molecule has 0 saturated carbocycles. The highest BCUT2D eigenvalue weighted by atomic mass is 16.3. The Kier molecular flexibility index (Phi) is 6.15. The molecule has 1 saturated heterocycles. The first kappa shape index (κ1) is 18.3. The number of carbonyl (C=O) groups is 1. The van der Waals surface area contributed by atoms with Gasteiger partial charge in [-0.3, -0.25) is 4.79 Å². The Morgan fingerprint density at radius 2 is 2.15 bits per heavy atom. The molecule has 6 heteroatoms. The van der Waals surface area contributed by atoms with E-state index in [1.165, 1.54) is 0 Å². The van der Waals surface area contributed by atoms with E-state index in [4.69, 9.17) is 4.42 Å². The van der Waals surface area contributed by atoms with Crippen LogP contribution in [0.15, 0.2) is 33.7 Å². The number of aliphatic imine (C=N–C) groups is 1. The number of para-hydroxylation sites is 1. The van der Waals surface area contributed by atoms with Crippen LogP contribution in [-0.2, 0) is 11.3 Å². The second-order valence-corrected chi connectivity index (χ2v) is 6.61. The maximum Gasteiger partial charge on any atom is 0.222 e. The van der Waals surface area contributed by atoms with Crippen molar-refractivity contribution in [3.63, 3.8) is 0 Å². The third-order valence-electron chi connectivity index (χ3n) is 4.74. The van der Waals surface area contributed by atoms with Crippen molar-refractivity contribution in [3.8, 4) is 0 Å². The number of hydrogen-bond acceptors (Lipinski definition) is 3. The van der Waals surface area contributed by atoms with E-state index in [2.05, 4.69) is 28.6 Å². The molecule has 0 atom stereocenters. The summed E-state index contributed by atoms with van der Waals surface area (Å²) in [5.74, 6) is 1.96. The van der Waals surface area contributed by atoms with E-state index in [0.29, 0.717) is 13.0 Å². The third-order valence-corrected chi connectivity index (χ3v) is 4.74. The van der Waals surface area contributed by atoms with Gasteiger partial charge in [-0.2, -0.15) is 0 Å². The van der Waals surface area contributed by atoms with Gasteiger partial charge in [-0.05, 0) is 32.8 Å². The number of furan rings is 1. The van der Waals surface area contributed by atoms with Gasteiger partial charge in [0.05, 0.1) is 0 Å². The van der Waals surface area contributed by atoms with Crippen molar-refractivity contribution >= 4 is 22.8 Å². The van der Waals surface area contributed by atoms with Gasteiger partial charge < -0.3 is 20.0 Å². The molecule has 2 aromatic rings. The summed E-state index contributed by atoms with van der Waals surface area (Å²) in [7, 11) is 0. The molecule has 0 unspecified atom stereocenters. The predicted molar refractivity (Wildman–Crippen MR) is 104 cm³/mol. The number of aryl methyl sites for hydroxylation is 1. The van der Waals surface area contributed by atoms with Crippen LogP contribution in [0.5, 0.6) is 0 Å². The number of carbonyl (C=O) groups excluding carboxylic acids is 1. The van der Waals surface area contributed by atoms with Gasteiger partial charge in [0, 0.05) is 43.5 Å². The summed E-state index contributed by atoms with van der Waals surface area (Å²) in [6.45, 7) is 7.92. The van der Waals surface area contributed by atoms with Crippen molar-refractivity contribution in [3.05, 3.63) is 35.6 Å². The fourth-order valence-electron chi connectivity index (χ4n) is 3.29.